The van der Waals surface area contributed by atoms with E-state index in [1.165, 1.54) is 0 Å². The molecule has 0 bridgehead atoms. The van der Waals surface area contributed by atoms with Crippen molar-refractivity contribution in [2.24, 2.45) is 17.8 Å². The summed E-state index contributed by atoms with van der Waals surface area (Å²) in [5.41, 5.74) is 2.25. The van der Waals surface area contributed by atoms with Gasteiger partial charge < -0.3 is 14.4 Å². The van der Waals surface area contributed by atoms with Crippen LogP contribution < -0.4 is 0 Å². The lowest BCUT2D eigenvalue weighted by Crippen LogP contribution is -1.99. The second-order valence-corrected chi connectivity index (χ2v) is 7.39. The fourth-order valence-corrected chi connectivity index (χ4v) is 1.91. The number of carbonyl (C=O) groups is 3. The third kappa shape index (κ3) is 29.3. The Morgan fingerprint density at radius 1 is 0.963 bits per heavy atom. The van der Waals surface area contributed by atoms with Crippen molar-refractivity contribution in [1.29, 1.82) is 0 Å². The van der Waals surface area contributed by atoms with Crippen molar-refractivity contribution in [3.8, 4) is 0 Å². The maximum absolute atomic E-state index is 10.2. The van der Waals surface area contributed by atoms with E-state index in [1.54, 1.807) is 0 Å². The zero-order valence-corrected chi connectivity index (χ0v) is 18.5. The molecule has 0 aromatic heterocycles. The molecule has 0 aliphatic rings. The van der Waals surface area contributed by atoms with Crippen LogP contribution in [0.2, 0.25) is 0 Å². The van der Waals surface area contributed by atoms with Gasteiger partial charge in [-0.15, -0.1) is 13.2 Å². The number of carbonyl (C=O) groups excluding carboxylic acids is 3. The Bertz CT molecular complexity index is 435. The maximum Gasteiger partial charge on any atom is 0.123 e. The molecule has 0 spiro atoms. The fourth-order valence-electron chi connectivity index (χ4n) is 1.91. The van der Waals surface area contributed by atoms with Crippen molar-refractivity contribution in [2.75, 3.05) is 0 Å². The van der Waals surface area contributed by atoms with Crippen LogP contribution in [0.15, 0.2) is 36.5 Å². The summed E-state index contributed by atoms with van der Waals surface area (Å²) in [6.07, 6.45) is 12.5. The Balaban J connectivity index is -0.000000320. The molecule has 3 nitrogen and oxygen atoms in total. The molecule has 0 radical (unpaired) electrons. The first-order valence-corrected chi connectivity index (χ1v) is 9.92. The van der Waals surface area contributed by atoms with Gasteiger partial charge in [0.15, 0.2) is 0 Å². The molecule has 27 heavy (non-hydrogen) atoms. The minimum atomic E-state index is 0.196. The third-order valence-electron chi connectivity index (χ3n) is 3.86. The molecule has 3 heteroatoms. The Labute approximate surface area is 168 Å². The van der Waals surface area contributed by atoms with Gasteiger partial charge in [-0.3, -0.25) is 0 Å². The summed E-state index contributed by atoms with van der Waals surface area (Å²) in [5, 5.41) is 0. The summed E-state index contributed by atoms with van der Waals surface area (Å²) in [6.45, 7) is 19.4. The molecule has 0 rings (SSSR count). The highest BCUT2D eigenvalue weighted by Gasteiger charge is 2.02. The first kappa shape index (κ1) is 30.0. The first-order valence-electron chi connectivity index (χ1n) is 9.92. The normalized spacial score (nSPS) is 13.1. The lowest BCUT2D eigenvalue weighted by molar-refractivity contribution is -0.111. The number of hydrogen-bond donors (Lipinski definition) is 0. The van der Waals surface area contributed by atoms with E-state index in [2.05, 4.69) is 26.2 Å². The van der Waals surface area contributed by atoms with Gasteiger partial charge in [0.1, 0.15) is 18.9 Å². The minimum absolute atomic E-state index is 0.196. The van der Waals surface area contributed by atoms with Crippen molar-refractivity contribution in [3.63, 3.8) is 0 Å². The van der Waals surface area contributed by atoms with Gasteiger partial charge in [0.25, 0.3) is 0 Å². The van der Waals surface area contributed by atoms with Crippen LogP contribution in [0, 0.1) is 17.8 Å². The van der Waals surface area contributed by atoms with Crippen molar-refractivity contribution < 1.29 is 14.4 Å². The highest BCUT2D eigenvalue weighted by Crippen LogP contribution is 2.10. The SMILES string of the molecule is C/C=C/CC(C)CC=O.C=C(C)CC(C=O)CC.C=C(C)CCC(C)C=O. The molecule has 0 saturated carbocycles. The number of hydrogen-bond acceptors (Lipinski definition) is 3. The molecule has 0 saturated heterocycles. The van der Waals surface area contributed by atoms with Gasteiger partial charge in [-0.05, 0) is 58.8 Å². The monoisotopic (exact) mass is 378 g/mol. The Morgan fingerprint density at radius 3 is 1.85 bits per heavy atom. The van der Waals surface area contributed by atoms with E-state index < -0.39 is 0 Å². The quantitative estimate of drug-likeness (QED) is 0.286. The number of rotatable bonds is 12. The molecule has 0 heterocycles. The molecular weight excluding hydrogens is 336 g/mol. The average molecular weight is 379 g/mol. The Kier molecular flexibility index (Phi) is 24.7. The van der Waals surface area contributed by atoms with Crippen molar-refractivity contribution in [3.05, 3.63) is 36.5 Å². The van der Waals surface area contributed by atoms with Crippen molar-refractivity contribution >= 4 is 18.9 Å². The number of aldehydes is 3. The summed E-state index contributed by atoms with van der Waals surface area (Å²) in [4.78, 5) is 30.3. The largest absolute Gasteiger partial charge is 0.303 e. The van der Waals surface area contributed by atoms with Crippen LogP contribution in [0.5, 0.6) is 0 Å². The van der Waals surface area contributed by atoms with Crippen LogP contribution >= 0.6 is 0 Å². The van der Waals surface area contributed by atoms with Crippen LogP contribution in [-0.4, -0.2) is 18.9 Å². The maximum atomic E-state index is 10.2. The zero-order valence-electron chi connectivity index (χ0n) is 18.5. The topological polar surface area (TPSA) is 51.2 Å². The van der Waals surface area contributed by atoms with Gasteiger partial charge in [-0.25, -0.2) is 0 Å². The fraction of sp³-hybridized carbons (Fsp3) is 0.625. The average Bonchev–Trinajstić information content (AvgIpc) is 2.63. The molecule has 0 aliphatic heterocycles. The van der Waals surface area contributed by atoms with Crippen LogP contribution in [0.1, 0.15) is 80.1 Å². The summed E-state index contributed by atoms with van der Waals surface area (Å²) < 4.78 is 0. The van der Waals surface area contributed by atoms with Gasteiger partial charge in [-0.2, -0.15) is 0 Å². The van der Waals surface area contributed by atoms with E-state index in [1.807, 2.05) is 40.7 Å². The molecule has 3 unspecified atom stereocenters. The summed E-state index contributed by atoms with van der Waals surface area (Å²) in [7, 11) is 0. The smallest absolute Gasteiger partial charge is 0.123 e. The van der Waals surface area contributed by atoms with Gasteiger partial charge in [0.05, 0.1) is 0 Å². The molecule has 156 valence electrons. The second-order valence-electron chi connectivity index (χ2n) is 7.39. The van der Waals surface area contributed by atoms with Gasteiger partial charge in [0.2, 0.25) is 0 Å². The van der Waals surface area contributed by atoms with Crippen LogP contribution in [0.3, 0.4) is 0 Å². The highest BCUT2D eigenvalue weighted by atomic mass is 16.1. The molecule has 3 atom stereocenters. The van der Waals surface area contributed by atoms with E-state index in [0.29, 0.717) is 12.3 Å². The molecule has 0 aromatic rings. The predicted molar refractivity (Wildman–Crippen MR) is 118 cm³/mol. The van der Waals surface area contributed by atoms with E-state index in [0.717, 1.165) is 62.1 Å². The van der Waals surface area contributed by atoms with Crippen LogP contribution in [0.25, 0.3) is 0 Å². The number of allylic oxidation sites excluding steroid dienone is 4. The van der Waals surface area contributed by atoms with Gasteiger partial charge >= 0.3 is 0 Å². The Hall–Kier alpha value is -1.77. The first-order chi connectivity index (χ1) is 12.7. The summed E-state index contributed by atoms with van der Waals surface area (Å²) in [5.74, 6) is 0.905. The molecule has 0 N–H and O–H groups in total. The van der Waals surface area contributed by atoms with E-state index in [-0.39, 0.29) is 11.8 Å². The molecular formula is C24H42O3. The van der Waals surface area contributed by atoms with E-state index in [4.69, 9.17) is 0 Å². The molecule has 0 amide bonds. The third-order valence-corrected chi connectivity index (χ3v) is 3.86. The molecule has 0 aliphatic carbocycles. The predicted octanol–water partition coefficient (Wildman–Crippen LogP) is 6.53. The molecule has 0 fully saturated rings. The zero-order chi connectivity index (χ0) is 21.7. The van der Waals surface area contributed by atoms with Crippen LogP contribution in [0.4, 0.5) is 0 Å². The van der Waals surface area contributed by atoms with Crippen molar-refractivity contribution in [2.45, 2.75) is 80.1 Å². The van der Waals surface area contributed by atoms with Crippen molar-refractivity contribution in [1.82, 2.24) is 0 Å². The van der Waals surface area contributed by atoms with E-state index in [9.17, 15) is 14.4 Å². The standard InChI is InChI=1S/3C8H14O/c1-7(2)4-5-8(3)6-9;1-4-8(6-9)5-7(2)3;1-3-4-5-8(2)6-7-9/h6,8H,1,4-5H2,2-3H3;6,8H,2,4-5H2,1,3H3;3-4,7-8H,5-6H2,1-2H3/b;;4-3+. The Morgan fingerprint density at radius 2 is 1.56 bits per heavy atom. The second kappa shape index (κ2) is 22.3. The van der Waals surface area contributed by atoms with Gasteiger partial charge in [-0.1, -0.05) is 44.1 Å². The molecule has 0 aromatic carbocycles. The van der Waals surface area contributed by atoms with Crippen LogP contribution in [-0.2, 0) is 14.4 Å². The van der Waals surface area contributed by atoms with Gasteiger partial charge in [0, 0.05) is 18.3 Å². The lowest BCUT2D eigenvalue weighted by Gasteiger charge is -2.04. The lowest BCUT2D eigenvalue weighted by atomic mass is 10.0. The highest BCUT2D eigenvalue weighted by molar-refractivity contribution is 5.53. The summed E-state index contributed by atoms with van der Waals surface area (Å²) in [6, 6.07) is 0. The summed E-state index contributed by atoms with van der Waals surface area (Å²) >= 11 is 0. The van der Waals surface area contributed by atoms with E-state index >= 15 is 0 Å². The minimum Gasteiger partial charge on any atom is -0.303 e.